The van der Waals surface area contributed by atoms with Gasteiger partial charge in [0, 0.05) is 36.1 Å². The van der Waals surface area contributed by atoms with Crippen molar-refractivity contribution in [2.24, 2.45) is 5.41 Å². The van der Waals surface area contributed by atoms with E-state index in [0.29, 0.717) is 11.1 Å². The van der Waals surface area contributed by atoms with Crippen molar-refractivity contribution in [3.63, 3.8) is 0 Å². The molecule has 0 amide bonds. The molecule has 0 spiro atoms. The van der Waals surface area contributed by atoms with Crippen molar-refractivity contribution in [1.29, 1.82) is 0 Å². The van der Waals surface area contributed by atoms with Crippen molar-refractivity contribution >= 4 is 11.7 Å². The predicted molar refractivity (Wildman–Crippen MR) is 100 cm³/mol. The maximum Gasteiger partial charge on any atom is 0.307 e. The van der Waals surface area contributed by atoms with E-state index in [1.807, 2.05) is 6.92 Å². The van der Waals surface area contributed by atoms with Crippen LogP contribution >= 0.6 is 0 Å². The molecule has 0 aromatic carbocycles. The molecule has 0 aliphatic carbocycles. The summed E-state index contributed by atoms with van der Waals surface area (Å²) in [7, 11) is 0. The van der Waals surface area contributed by atoms with Gasteiger partial charge in [-0.15, -0.1) is 0 Å². The number of anilines is 1. The van der Waals surface area contributed by atoms with E-state index < -0.39 is 5.97 Å². The molecule has 0 radical (unpaired) electrons. The molecule has 138 valence electrons. The third kappa shape index (κ3) is 3.79. The summed E-state index contributed by atoms with van der Waals surface area (Å²) < 4.78 is 0. The molecular formula is C20H25N3O3. The van der Waals surface area contributed by atoms with E-state index in [1.165, 1.54) is 6.20 Å². The molecule has 1 fully saturated rings. The lowest BCUT2D eigenvalue weighted by Crippen LogP contribution is -2.38. The number of aromatic nitrogens is 2. The maximum absolute atomic E-state index is 11.5. The minimum Gasteiger partial charge on any atom is -0.506 e. The number of piperidine rings is 1. The first-order valence-electron chi connectivity index (χ1n) is 8.87. The van der Waals surface area contributed by atoms with Crippen LogP contribution in [0.3, 0.4) is 0 Å². The van der Waals surface area contributed by atoms with Gasteiger partial charge in [0.15, 0.2) is 0 Å². The highest BCUT2D eigenvalue weighted by Crippen LogP contribution is 2.39. The number of hydrogen-bond acceptors (Lipinski definition) is 5. The molecule has 0 unspecified atom stereocenters. The molecule has 6 nitrogen and oxygen atoms in total. The van der Waals surface area contributed by atoms with E-state index in [4.69, 9.17) is 0 Å². The molecule has 3 heterocycles. The Balaban J connectivity index is 2.12. The minimum atomic E-state index is -0.871. The molecule has 2 N–H and O–H groups in total. The van der Waals surface area contributed by atoms with Gasteiger partial charge in [0.05, 0.1) is 24.0 Å². The van der Waals surface area contributed by atoms with Gasteiger partial charge in [-0.2, -0.15) is 0 Å². The van der Waals surface area contributed by atoms with Gasteiger partial charge in [0.25, 0.3) is 0 Å². The van der Waals surface area contributed by atoms with Crippen LogP contribution in [0.1, 0.15) is 37.9 Å². The second-order valence-corrected chi connectivity index (χ2v) is 7.71. The fourth-order valence-electron chi connectivity index (χ4n) is 3.43. The zero-order chi connectivity index (χ0) is 18.9. The zero-order valence-electron chi connectivity index (χ0n) is 15.5. The van der Waals surface area contributed by atoms with E-state index >= 15 is 0 Å². The van der Waals surface area contributed by atoms with Gasteiger partial charge in [0.1, 0.15) is 5.75 Å². The fourth-order valence-corrected chi connectivity index (χ4v) is 3.43. The largest absolute Gasteiger partial charge is 0.506 e. The fraction of sp³-hybridized carbons (Fsp3) is 0.450. The first-order valence-corrected chi connectivity index (χ1v) is 8.87. The zero-order valence-corrected chi connectivity index (χ0v) is 15.5. The summed E-state index contributed by atoms with van der Waals surface area (Å²) in [6, 6.07) is 3.33. The van der Waals surface area contributed by atoms with Crippen molar-refractivity contribution in [2.75, 3.05) is 18.0 Å². The Morgan fingerprint density at radius 1 is 1.19 bits per heavy atom. The van der Waals surface area contributed by atoms with Gasteiger partial charge in [-0.1, -0.05) is 13.8 Å². The summed E-state index contributed by atoms with van der Waals surface area (Å²) in [5.41, 5.74) is 4.17. The molecule has 2 aromatic heterocycles. The molecule has 2 aromatic rings. The van der Waals surface area contributed by atoms with Gasteiger partial charge >= 0.3 is 5.97 Å². The second-order valence-electron chi connectivity index (χ2n) is 7.71. The lowest BCUT2D eigenvalue weighted by atomic mass is 9.82. The monoisotopic (exact) mass is 355 g/mol. The number of rotatable bonds is 4. The third-order valence-electron chi connectivity index (χ3n) is 5.15. The highest BCUT2D eigenvalue weighted by atomic mass is 16.4. The number of aromatic hydroxyl groups is 1. The molecule has 6 heteroatoms. The number of hydrogen-bond donors (Lipinski definition) is 2. The number of pyridine rings is 2. The molecule has 0 atom stereocenters. The van der Waals surface area contributed by atoms with E-state index in [9.17, 15) is 15.0 Å². The van der Waals surface area contributed by atoms with Crippen LogP contribution in [0, 0.1) is 12.3 Å². The van der Waals surface area contributed by atoms with E-state index in [-0.39, 0.29) is 12.2 Å². The van der Waals surface area contributed by atoms with Crippen LogP contribution in [0.5, 0.6) is 5.75 Å². The van der Waals surface area contributed by atoms with Gasteiger partial charge in [-0.05, 0) is 37.3 Å². The summed E-state index contributed by atoms with van der Waals surface area (Å²) in [5, 5.41) is 18.9. The molecule has 0 saturated carbocycles. The summed E-state index contributed by atoms with van der Waals surface area (Å²) in [6.07, 6.45) is 5.18. The van der Waals surface area contributed by atoms with Gasteiger partial charge in [-0.3, -0.25) is 14.8 Å². The Labute approximate surface area is 153 Å². The Morgan fingerprint density at radius 2 is 1.88 bits per heavy atom. The molecule has 1 aliphatic rings. The Kier molecular flexibility index (Phi) is 4.85. The van der Waals surface area contributed by atoms with E-state index in [1.54, 1.807) is 18.3 Å². The summed E-state index contributed by atoms with van der Waals surface area (Å²) in [5.74, 6) is -0.773. The average molecular weight is 355 g/mol. The third-order valence-corrected chi connectivity index (χ3v) is 5.15. The minimum absolute atomic E-state index is 0.0695. The average Bonchev–Trinajstić information content (AvgIpc) is 2.57. The van der Waals surface area contributed by atoms with Crippen molar-refractivity contribution in [3.8, 4) is 17.0 Å². The molecule has 26 heavy (non-hydrogen) atoms. The SMILES string of the molecule is Cc1ncc(-c2ccc(O)cn2)c(N2CCC(C)(C)CC2)c1CC(=O)O. The smallest absolute Gasteiger partial charge is 0.307 e. The number of carboxylic acid groups (broad SMARTS) is 1. The van der Waals surface area contributed by atoms with Crippen LogP contribution in [-0.2, 0) is 11.2 Å². The van der Waals surface area contributed by atoms with E-state index in [0.717, 1.165) is 48.4 Å². The molecule has 1 saturated heterocycles. The van der Waals surface area contributed by atoms with Crippen molar-refractivity contribution < 1.29 is 15.0 Å². The first-order chi connectivity index (χ1) is 12.3. The predicted octanol–water partition coefficient (Wildman–Crippen LogP) is 3.41. The van der Waals surface area contributed by atoms with Gasteiger partial charge in [-0.25, -0.2) is 0 Å². The highest BCUT2D eigenvalue weighted by molar-refractivity contribution is 5.83. The molecule has 1 aliphatic heterocycles. The number of carboxylic acids is 1. The Morgan fingerprint density at radius 3 is 2.46 bits per heavy atom. The van der Waals surface area contributed by atoms with Crippen LogP contribution < -0.4 is 4.90 Å². The van der Waals surface area contributed by atoms with Crippen LogP contribution in [0.15, 0.2) is 24.5 Å². The Bertz CT molecular complexity index is 806. The molecule has 0 bridgehead atoms. The lowest BCUT2D eigenvalue weighted by molar-refractivity contribution is -0.136. The number of aryl methyl sites for hydroxylation is 1. The van der Waals surface area contributed by atoms with Gasteiger partial charge < -0.3 is 15.1 Å². The number of carbonyl (C=O) groups is 1. The topological polar surface area (TPSA) is 86.6 Å². The Hall–Kier alpha value is -2.63. The van der Waals surface area contributed by atoms with Crippen LogP contribution in [-0.4, -0.2) is 39.2 Å². The van der Waals surface area contributed by atoms with Crippen LogP contribution in [0.25, 0.3) is 11.3 Å². The van der Waals surface area contributed by atoms with Crippen LogP contribution in [0.2, 0.25) is 0 Å². The van der Waals surface area contributed by atoms with E-state index in [2.05, 4.69) is 28.7 Å². The second kappa shape index (κ2) is 6.94. The number of aliphatic carboxylic acids is 1. The summed E-state index contributed by atoms with van der Waals surface area (Å²) in [4.78, 5) is 22.5. The normalized spacial score (nSPS) is 16.5. The molecule has 3 rings (SSSR count). The van der Waals surface area contributed by atoms with Gasteiger partial charge in [0.2, 0.25) is 0 Å². The highest BCUT2D eigenvalue weighted by Gasteiger charge is 2.29. The first kappa shape index (κ1) is 18.2. The van der Waals surface area contributed by atoms with Crippen LogP contribution in [0.4, 0.5) is 5.69 Å². The quantitative estimate of drug-likeness (QED) is 0.874. The molecular weight excluding hydrogens is 330 g/mol. The summed E-state index contributed by atoms with van der Waals surface area (Å²) >= 11 is 0. The summed E-state index contributed by atoms with van der Waals surface area (Å²) in [6.45, 7) is 8.12. The maximum atomic E-state index is 11.5. The lowest BCUT2D eigenvalue weighted by Gasteiger charge is -2.40. The van der Waals surface area contributed by atoms with Crippen molar-refractivity contribution in [3.05, 3.63) is 35.8 Å². The standard InChI is InChI=1S/C20H25N3O3/c1-13-15(10-18(25)26)19(23-8-6-20(2,3)7-9-23)16(12-21-13)17-5-4-14(24)11-22-17/h4-5,11-12,24H,6-10H2,1-3H3,(H,25,26). The van der Waals surface area contributed by atoms with Crippen molar-refractivity contribution in [1.82, 2.24) is 9.97 Å². The number of nitrogens with zero attached hydrogens (tertiary/aromatic N) is 3. The van der Waals surface area contributed by atoms with Crippen molar-refractivity contribution in [2.45, 2.75) is 40.0 Å².